The van der Waals surface area contributed by atoms with Crippen LogP contribution in [0.2, 0.25) is 0 Å². The number of phosphoric acid groups is 1. The van der Waals surface area contributed by atoms with E-state index >= 15 is 4.57 Å². The van der Waals surface area contributed by atoms with E-state index in [1.807, 2.05) is 0 Å². The molecule has 2 aromatic carbocycles. The van der Waals surface area contributed by atoms with E-state index in [9.17, 15) is 5.11 Å². The minimum atomic E-state index is -4.69. The zero-order valence-corrected chi connectivity index (χ0v) is 48.7. The second-order valence-electron chi connectivity index (χ2n) is 27.5. The number of fused-ring (bicyclic) bond motifs is 2. The van der Waals surface area contributed by atoms with Gasteiger partial charge in [0.25, 0.3) is 0 Å². The first-order chi connectivity index (χ1) is 30.7. The average molecular weight is 951 g/mol. The van der Waals surface area contributed by atoms with Gasteiger partial charge < -0.3 is 18.7 Å². The molecule has 1 aliphatic heterocycles. The molecule has 2 aliphatic carbocycles. The summed E-state index contributed by atoms with van der Waals surface area (Å²) in [5, 5.41) is 12.7. The maximum atomic E-state index is 17.0. The van der Waals surface area contributed by atoms with Crippen LogP contribution in [-0.2, 0) is 35.3 Å². The van der Waals surface area contributed by atoms with Crippen molar-refractivity contribution >= 4 is 7.82 Å². The molecule has 68 heavy (non-hydrogen) atoms. The zero-order chi connectivity index (χ0) is 51.9. The summed E-state index contributed by atoms with van der Waals surface area (Å²) >= 11 is 0. The highest BCUT2D eigenvalue weighted by molar-refractivity contribution is 7.49. The third-order valence-electron chi connectivity index (χ3n) is 16.5. The lowest BCUT2D eigenvalue weighted by molar-refractivity contribution is 0.174. The Morgan fingerprint density at radius 2 is 1.06 bits per heavy atom. The Morgan fingerprint density at radius 3 is 1.53 bits per heavy atom. The van der Waals surface area contributed by atoms with Crippen molar-refractivity contribution in [2.24, 2.45) is 27.6 Å². The van der Waals surface area contributed by atoms with Gasteiger partial charge in [-0.05, 0) is 111 Å². The van der Waals surface area contributed by atoms with E-state index in [2.05, 4.69) is 210 Å². The Hall–Kier alpha value is -3.43. The lowest BCUT2D eigenvalue weighted by atomic mass is 9.65. The number of rotatable bonds is 11. The molecule has 0 saturated heterocycles. The van der Waals surface area contributed by atoms with Crippen molar-refractivity contribution in [1.29, 1.82) is 0 Å². The highest BCUT2D eigenvalue weighted by atomic mass is 31.2. The molecule has 1 heterocycles. The fraction of sp³-hybridized carbons (Fsp3) is 0.645. The second kappa shape index (κ2) is 18.3. The van der Waals surface area contributed by atoms with Gasteiger partial charge >= 0.3 is 7.82 Å². The fourth-order valence-electron chi connectivity index (χ4n) is 9.61. The molecule has 5 rings (SSSR count). The van der Waals surface area contributed by atoms with E-state index in [4.69, 9.17) is 13.6 Å². The zero-order valence-electron chi connectivity index (χ0n) is 47.8. The molecule has 2 atom stereocenters. The summed E-state index contributed by atoms with van der Waals surface area (Å²) in [6, 6.07) is 8.62. The molecule has 6 heteroatoms. The number of allylic oxidation sites excluding steroid dienone is 9. The summed E-state index contributed by atoms with van der Waals surface area (Å²) in [7, 11) is -4.69. The number of phenolic OH excluding ortho intramolecular Hbond substituents is 1. The van der Waals surface area contributed by atoms with Crippen molar-refractivity contribution in [3.05, 3.63) is 104 Å². The summed E-state index contributed by atoms with van der Waals surface area (Å²) in [6.45, 7) is 55.9. The van der Waals surface area contributed by atoms with Crippen LogP contribution in [0.5, 0.6) is 11.5 Å². The molecule has 0 saturated carbocycles. The maximum absolute atomic E-state index is 17.0. The van der Waals surface area contributed by atoms with Crippen LogP contribution in [0.3, 0.4) is 0 Å². The Morgan fingerprint density at radius 1 is 0.588 bits per heavy atom. The minimum absolute atomic E-state index is 0.0609. The summed E-state index contributed by atoms with van der Waals surface area (Å²) in [5.41, 5.74) is 9.80. The SMILES string of the molecule is CCC(C)(C)C1=CC(C(C)(C)CC)=C2OP(=O)(Oc3c(-c4cc(C(C)(C)C)cc(C(C)(C)C)c4O)cc(C(C)(C)C)cc3C(C)(C)C)O/C(C(C)(C)CC)=C3/C=C(C(C)(C)CC)CC(C)C3=C2C1. The second-order valence-corrected chi connectivity index (χ2v) is 28.9. The molecule has 2 aromatic rings. The van der Waals surface area contributed by atoms with Crippen LogP contribution in [0.25, 0.3) is 11.1 Å². The van der Waals surface area contributed by atoms with Gasteiger partial charge in [0.05, 0.1) is 0 Å². The van der Waals surface area contributed by atoms with Crippen LogP contribution in [0.4, 0.5) is 0 Å². The first kappa shape index (κ1) is 55.5. The standard InChI is InChI=1S/C62H95O5P/c1-26-59(18,19)41-30-38(5)50-45-33-42(60(20,21)27-2)37-49(61(22,23)28-3)53(45)66-68(64,67-54(46(50)34-41)62(24,25)29-4)65-52-44(32-40(56(9,10)11)36-48(52)58(15,16)17)43-31-39(55(6,7)8)35-47(51(43)63)57(12,13)14/h31-32,34-38,63H,26-30,33H2,1-25H3/b50-45?,54-46-. The number of aromatic hydroxyl groups is 1. The van der Waals surface area contributed by atoms with Crippen LogP contribution in [0.15, 0.2) is 81.4 Å². The molecular formula is C62H95O5P. The average Bonchev–Trinajstić information content (AvgIpc) is 3.20. The molecule has 0 amide bonds. The molecule has 5 nitrogen and oxygen atoms in total. The van der Waals surface area contributed by atoms with E-state index in [-0.39, 0.29) is 44.2 Å². The van der Waals surface area contributed by atoms with E-state index in [1.54, 1.807) is 0 Å². The van der Waals surface area contributed by atoms with Gasteiger partial charge in [-0.1, -0.05) is 209 Å². The molecule has 2 unspecified atom stereocenters. The molecule has 0 fully saturated rings. The molecule has 0 aromatic heterocycles. The molecule has 378 valence electrons. The third kappa shape index (κ3) is 10.9. The van der Waals surface area contributed by atoms with Crippen molar-refractivity contribution in [3.8, 4) is 22.6 Å². The largest absolute Gasteiger partial charge is 0.646 e. The topological polar surface area (TPSA) is 65.0 Å². The van der Waals surface area contributed by atoms with Gasteiger partial charge in [-0.15, -0.1) is 0 Å². The van der Waals surface area contributed by atoms with Crippen molar-refractivity contribution in [2.45, 2.75) is 233 Å². The van der Waals surface area contributed by atoms with Gasteiger partial charge in [-0.3, -0.25) is 0 Å². The molecule has 1 N–H and O–H groups in total. The maximum Gasteiger partial charge on any atom is 0.646 e. The van der Waals surface area contributed by atoms with Crippen molar-refractivity contribution in [2.75, 3.05) is 0 Å². The van der Waals surface area contributed by atoms with E-state index in [0.29, 0.717) is 34.8 Å². The first-order valence-electron chi connectivity index (χ1n) is 26.1. The van der Waals surface area contributed by atoms with Gasteiger partial charge in [0.15, 0.2) is 0 Å². The van der Waals surface area contributed by atoms with Crippen molar-refractivity contribution < 1.29 is 23.2 Å². The van der Waals surface area contributed by atoms with Crippen LogP contribution >= 0.6 is 7.82 Å². The molecule has 0 spiro atoms. The van der Waals surface area contributed by atoms with Gasteiger partial charge in [-0.2, -0.15) is 4.57 Å². The van der Waals surface area contributed by atoms with Crippen LogP contribution < -0.4 is 4.52 Å². The van der Waals surface area contributed by atoms with Crippen LogP contribution in [0.1, 0.15) is 234 Å². The van der Waals surface area contributed by atoms with Gasteiger partial charge in [0, 0.05) is 44.4 Å². The lowest BCUT2D eigenvalue weighted by Crippen LogP contribution is -2.30. The van der Waals surface area contributed by atoms with Gasteiger partial charge in [-0.25, -0.2) is 0 Å². The number of phosphoric ester groups is 1. The lowest BCUT2D eigenvalue weighted by Gasteiger charge is -2.43. The molecule has 0 bridgehead atoms. The van der Waals surface area contributed by atoms with E-state index < -0.39 is 18.7 Å². The summed E-state index contributed by atoms with van der Waals surface area (Å²) in [6.07, 6.45) is 9.89. The predicted octanol–water partition coefficient (Wildman–Crippen LogP) is 19.6. The predicted molar refractivity (Wildman–Crippen MR) is 291 cm³/mol. The molecule has 3 aliphatic rings. The Labute approximate surface area is 416 Å². The fourth-order valence-corrected chi connectivity index (χ4v) is 11.1. The van der Waals surface area contributed by atoms with Gasteiger partial charge in [0.1, 0.15) is 23.0 Å². The molecule has 0 radical (unpaired) electrons. The summed E-state index contributed by atoms with van der Waals surface area (Å²) < 4.78 is 39.1. The number of hydrogen-bond donors (Lipinski definition) is 1. The van der Waals surface area contributed by atoms with Gasteiger partial charge in [0.2, 0.25) is 0 Å². The third-order valence-corrected chi connectivity index (χ3v) is 17.7. The minimum Gasteiger partial charge on any atom is -0.507 e. The number of hydrogen-bond acceptors (Lipinski definition) is 5. The molecular weight excluding hydrogens is 856 g/mol. The summed E-state index contributed by atoms with van der Waals surface area (Å²) in [5.74, 6) is 1.99. The van der Waals surface area contributed by atoms with Crippen molar-refractivity contribution in [1.82, 2.24) is 0 Å². The Kier molecular flexibility index (Phi) is 14.9. The highest BCUT2D eigenvalue weighted by Crippen LogP contribution is 2.65. The number of phenols is 1. The van der Waals surface area contributed by atoms with Crippen LogP contribution in [0, 0.1) is 27.6 Å². The Bertz CT molecular complexity index is 2500. The Balaban J connectivity index is 2.08. The monoisotopic (exact) mass is 951 g/mol. The van der Waals surface area contributed by atoms with E-state index in [1.165, 1.54) is 16.7 Å². The summed E-state index contributed by atoms with van der Waals surface area (Å²) in [4.78, 5) is 0. The van der Waals surface area contributed by atoms with Crippen molar-refractivity contribution in [3.63, 3.8) is 0 Å². The normalized spacial score (nSPS) is 21.6. The quantitative estimate of drug-likeness (QED) is 0.227. The first-order valence-corrected chi connectivity index (χ1v) is 27.6. The van der Waals surface area contributed by atoms with Crippen LogP contribution in [-0.4, -0.2) is 5.11 Å². The van der Waals surface area contributed by atoms with E-state index in [0.717, 1.165) is 71.1 Å². The highest BCUT2D eigenvalue weighted by Gasteiger charge is 2.49. The number of benzene rings is 2. The smallest absolute Gasteiger partial charge is 0.507 e.